The summed E-state index contributed by atoms with van der Waals surface area (Å²) in [4.78, 5) is 20.0. The number of carbonyl (C=O) groups is 1. The highest BCUT2D eigenvalue weighted by molar-refractivity contribution is 7.09. The Balaban J connectivity index is 0.000000417. The molecule has 5 rings (SSSR count). The van der Waals surface area contributed by atoms with Gasteiger partial charge in [0.15, 0.2) is 0 Å². The van der Waals surface area contributed by atoms with Crippen molar-refractivity contribution in [3.05, 3.63) is 99.9 Å². The first-order valence-corrected chi connectivity index (χ1v) is 13.2. The van der Waals surface area contributed by atoms with Gasteiger partial charge >= 0.3 is 0 Å². The molecular weight excluding hydrogens is 498 g/mol. The van der Waals surface area contributed by atoms with Gasteiger partial charge < -0.3 is 19.8 Å². The molecule has 1 saturated heterocycles. The lowest BCUT2D eigenvalue weighted by Crippen LogP contribution is -2.30. The van der Waals surface area contributed by atoms with E-state index < -0.39 is 0 Å². The van der Waals surface area contributed by atoms with Gasteiger partial charge in [-0.25, -0.2) is 4.98 Å². The SMILES string of the molecule is Cc1ccccc1.Cc1csc(C2CCCN2C(=O)c2cc(C(=N)OC(=N)CN)cc(-c3ccoc3)c2)n1. The summed E-state index contributed by atoms with van der Waals surface area (Å²) in [5.74, 6) is -0.572. The van der Waals surface area contributed by atoms with Gasteiger partial charge in [0.25, 0.3) is 5.91 Å². The first-order chi connectivity index (χ1) is 18.4. The minimum absolute atomic E-state index is 0.0478. The van der Waals surface area contributed by atoms with Gasteiger partial charge in [0.05, 0.1) is 25.1 Å². The molecule has 1 amide bonds. The molecule has 4 aromatic rings. The van der Waals surface area contributed by atoms with Crippen molar-refractivity contribution in [1.29, 1.82) is 10.8 Å². The van der Waals surface area contributed by atoms with E-state index in [0.717, 1.165) is 34.7 Å². The standard InChI is InChI=1S/C22H23N5O3S.C7H8/c1-13-12-31-21(26-13)18-3-2-5-27(18)22(28)17-8-15(14-4-6-29-11-14)7-16(9-17)20(25)30-19(24)10-23;1-7-5-3-2-4-6-7/h4,6-9,11-12,18,24-25H,2-3,5,10,23H2,1H3;2-6H,1H3. The number of benzene rings is 2. The fourth-order valence-electron chi connectivity index (χ4n) is 4.19. The molecular formula is C29H31N5O3S. The summed E-state index contributed by atoms with van der Waals surface area (Å²) in [7, 11) is 0. The highest BCUT2D eigenvalue weighted by Gasteiger charge is 2.33. The van der Waals surface area contributed by atoms with Crippen LogP contribution in [0.1, 0.15) is 51.1 Å². The van der Waals surface area contributed by atoms with Crippen molar-refractivity contribution in [3.63, 3.8) is 0 Å². The molecule has 1 aliphatic rings. The molecule has 1 aliphatic heterocycles. The third kappa shape index (κ3) is 6.62. The van der Waals surface area contributed by atoms with Crippen LogP contribution in [0.5, 0.6) is 0 Å². The third-order valence-electron chi connectivity index (χ3n) is 6.08. The maximum atomic E-state index is 13.5. The molecule has 9 heteroatoms. The number of nitrogens with zero attached hydrogens (tertiary/aromatic N) is 2. The Hall–Kier alpha value is -4.08. The number of likely N-dealkylation sites (tertiary alicyclic amines) is 1. The van der Waals surface area contributed by atoms with Gasteiger partial charge in [0.1, 0.15) is 5.01 Å². The summed E-state index contributed by atoms with van der Waals surface area (Å²) < 4.78 is 10.4. The van der Waals surface area contributed by atoms with E-state index in [2.05, 4.69) is 24.0 Å². The predicted molar refractivity (Wildman–Crippen MR) is 150 cm³/mol. The number of hydrogen-bond donors (Lipinski definition) is 3. The molecule has 3 heterocycles. The van der Waals surface area contributed by atoms with Crippen molar-refractivity contribution < 1.29 is 13.9 Å². The van der Waals surface area contributed by atoms with E-state index in [4.69, 9.17) is 25.7 Å². The zero-order valence-electron chi connectivity index (χ0n) is 21.4. The van der Waals surface area contributed by atoms with Gasteiger partial charge in [0, 0.05) is 34.3 Å². The van der Waals surface area contributed by atoms with Crippen LogP contribution in [-0.4, -0.2) is 40.7 Å². The number of ether oxygens (including phenoxy) is 1. The predicted octanol–water partition coefficient (Wildman–Crippen LogP) is 5.96. The van der Waals surface area contributed by atoms with Gasteiger partial charge in [-0.1, -0.05) is 35.9 Å². The summed E-state index contributed by atoms with van der Waals surface area (Å²) in [5, 5.41) is 18.8. The van der Waals surface area contributed by atoms with E-state index in [1.807, 2.05) is 35.4 Å². The molecule has 4 N–H and O–H groups in total. The van der Waals surface area contributed by atoms with Crippen molar-refractivity contribution in [2.45, 2.75) is 32.7 Å². The molecule has 2 aromatic heterocycles. The van der Waals surface area contributed by atoms with Gasteiger partial charge in [-0.3, -0.25) is 15.6 Å². The Morgan fingerprint density at radius 2 is 1.89 bits per heavy atom. The number of aromatic nitrogens is 1. The number of thiazole rings is 1. The molecule has 0 bridgehead atoms. The molecule has 0 aliphatic carbocycles. The lowest BCUT2D eigenvalue weighted by Gasteiger charge is -2.24. The summed E-state index contributed by atoms with van der Waals surface area (Å²) in [6.07, 6.45) is 4.92. The summed E-state index contributed by atoms with van der Waals surface area (Å²) in [6, 6.07) is 17.2. The average Bonchev–Trinajstić information content (AvgIpc) is 3.71. The smallest absolute Gasteiger partial charge is 0.254 e. The maximum Gasteiger partial charge on any atom is 0.254 e. The van der Waals surface area contributed by atoms with Crippen molar-refractivity contribution in [3.8, 4) is 11.1 Å². The topological polar surface area (TPSA) is 129 Å². The number of furan rings is 1. The quantitative estimate of drug-likeness (QED) is 0.217. The summed E-state index contributed by atoms with van der Waals surface area (Å²) in [5.41, 5.74) is 10.0. The van der Waals surface area contributed by atoms with E-state index in [9.17, 15) is 4.79 Å². The molecule has 8 nitrogen and oxygen atoms in total. The third-order valence-corrected chi connectivity index (χ3v) is 7.15. The van der Waals surface area contributed by atoms with E-state index in [0.29, 0.717) is 17.7 Å². The van der Waals surface area contributed by atoms with Crippen LogP contribution in [0.25, 0.3) is 11.1 Å². The van der Waals surface area contributed by atoms with E-state index >= 15 is 0 Å². The van der Waals surface area contributed by atoms with Crippen LogP contribution in [0.2, 0.25) is 0 Å². The van der Waals surface area contributed by atoms with E-state index in [1.165, 1.54) is 5.56 Å². The van der Waals surface area contributed by atoms with Gasteiger partial charge in [-0.05, 0) is 56.5 Å². The average molecular weight is 530 g/mol. The van der Waals surface area contributed by atoms with Crippen LogP contribution in [0, 0.1) is 24.7 Å². The summed E-state index contributed by atoms with van der Waals surface area (Å²) in [6.45, 7) is 4.57. The van der Waals surface area contributed by atoms with Crippen molar-refractivity contribution in [2.24, 2.45) is 5.73 Å². The Kier molecular flexibility index (Phi) is 8.83. The Morgan fingerprint density at radius 3 is 2.50 bits per heavy atom. The number of carbonyl (C=O) groups excluding carboxylic acids is 1. The van der Waals surface area contributed by atoms with Crippen molar-refractivity contribution in [2.75, 3.05) is 13.1 Å². The van der Waals surface area contributed by atoms with Crippen LogP contribution in [-0.2, 0) is 4.74 Å². The number of amides is 1. The normalized spacial score (nSPS) is 14.5. The minimum atomic E-state index is -0.233. The monoisotopic (exact) mass is 529 g/mol. The molecule has 2 aromatic carbocycles. The molecule has 1 unspecified atom stereocenters. The van der Waals surface area contributed by atoms with Crippen LogP contribution >= 0.6 is 11.3 Å². The zero-order valence-corrected chi connectivity index (χ0v) is 22.3. The maximum absolute atomic E-state index is 13.5. The van der Waals surface area contributed by atoms with Gasteiger partial charge in [-0.15, -0.1) is 11.3 Å². The lowest BCUT2D eigenvalue weighted by molar-refractivity contribution is 0.0735. The number of rotatable bonds is 5. The number of nitrogens with one attached hydrogen (secondary N) is 2. The Bertz CT molecular complexity index is 1400. The van der Waals surface area contributed by atoms with Crippen molar-refractivity contribution >= 4 is 29.0 Å². The fourth-order valence-corrected chi connectivity index (χ4v) is 5.14. The number of hydrogen-bond acceptors (Lipinski definition) is 8. The van der Waals surface area contributed by atoms with Gasteiger partial charge in [-0.2, -0.15) is 0 Å². The molecule has 196 valence electrons. The zero-order chi connectivity index (χ0) is 27.1. The summed E-state index contributed by atoms with van der Waals surface area (Å²) >= 11 is 1.57. The second-order valence-electron chi connectivity index (χ2n) is 9.01. The van der Waals surface area contributed by atoms with Gasteiger partial charge in [0.2, 0.25) is 11.8 Å². The highest BCUT2D eigenvalue weighted by atomic mass is 32.1. The Morgan fingerprint density at radius 1 is 1.13 bits per heavy atom. The molecule has 0 radical (unpaired) electrons. The second-order valence-corrected chi connectivity index (χ2v) is 9.90. The van der Waals surface area contributed by atoms with Crippen LogP contribution in [0.15, 0.2) is 76.9 Å². The first-order valence-electron chi connectivity index (χ1n) is 12.3. The molecule has 0 saturated carbocycles. The van der Waals surface area contributed by atoms with Crippen molar-refractivity contribution in [1.82, 2.24) is 9.88 Å². The molecule has 1 fully saturated rings. The first kappa shape index (κ1) is 27.0. The molecule has 0 spiro atoms. The second kappa shape index (κ2) is 12.4. The minimum Gasteiger partial charge on any atom is -0.472 e. The molecule has 1 atom stereocenters. The fraction of sp³-hybridized carbons (Fsp3) is 0.241. The molecule has 38 heavy (non-hydrogen) atoms. The van der Waals surface area contributed by atoms with Crippen LogP contribution in [0.4, 0.5) is 0 Å². The lowest BCUT2D eigenvalue weighted by atomic mass is 10.0. The van der Waals surface area contributed by atoms with Crippen LogP contribution in [0.3, 0.4) is 0 Å². The number of nitrogens with two attached hydrogens (primary N) is 1. The largest absolute Gasteiger partial charge is 0.472 e. The van der Waals surface area contributed by atoms with E-state index in [-0.39, 0.29) is 30.3 Å². The number of aryl methyl sites for hydroxylation is 2. The highest BCUT2D eigenvalue weighted by Crippen LogP contribution is 2.35. The van der Waals surface area contributed by atoms with Crippen LogP contribution < -0.4 is 5.73 Å². The Labute approximate surface area is 226 Å². The van der Waals surface area contributed by atoms with E-state index in [1.54, 1.807) is 48.1 Å².